The summed E-state index contributed by atoms with van der Waals surface area (Å²) in [4.78, 5) is 8.90. The van der Waals surface area contributed by atoms with Crippen molar-refractivity contribution >= 4 is 11.5 Å². The molecule has 1 unspecified atom stereocenters. The lowest BCUT2D eigenvalue weighted by atomic mass is 9.92. The summed E-state index contributed by atoms with van der Waals surface area (Å²) < 4.78 is 74.9. The van der Waals surface area contributed by atoms with Crippen LogP contribution in [0.2, 0.25) is 0 Å². The summed E-state index contributed by atoms with van der Waals surface area (Å²) in [6.45, 7) is 1.72. The lowest BCUT2D eigenvalue weighted by Gasteiger charge is -2.21. The molecule has 2 aliphatic heterocycles. The van der Waals surface area contributed by atoms with Crippen LogP contribution in [-0.4, -0.2) is 35.9 Å². The summed E-state index contributed by atoms with van der Waals surface area (Å²) in [5, 5.41) is 10.4. The predicted molar refractivity (Wildman–Crippen MR) is 79.0 cm³/mol. The molecule has 0 bridgehead atoms. The molecule has 1 atom stereocenters. The van der Waals surface area contributed by atoms with Gasteiger partial charge in [-0.3, -0.25) is 0 Å². The van der Waals surface area contributed by atoms with Crippen molar-refractivity contribution in [3.63, 3.8) is 0 Å². The third-order valence-electron chi connectivity index (χ3n) is 3.99. The first-order valence-corrected chi connectivity index (χ1v) is 7.48. The van der Waals surface area contributed by atoms with Gasteiger partial charge >= 0.3 is 18.3 Å². The highest BCUT2D eigenvalue weighted by Gasteiger charge is 2.40. The molecule has 26 heavy (non-hydrogen) atoms. The Hall–Kier alpha value is -2.23. The Morgan fingerprint density at radius 1 is 1.12 bits per heavy atom. The van der Waals surface area contributed by atoms with Gasteiger partial charge in [0.1, 0.15) is 5.60 Å². The molecule has 2 N–H and O–H groups in total. The number of halogens is 6. The van der Waals surface area contributed by atoms with Crippen LogP contribution in [0.15, 0.2) is 30.5 Å². The van der Waals surface area contributed by atoms with Gasteiger partial charge in [-0.2, -0.15) is 26.3 Å². The Morgan fingerprint density at radius 2 is 1.69 bits per heavy atom. The first kappa shape index (κ1) is 20.1. The first-order valence-electron chi connectivity index (χ1n) is 7.48. The minimum atomic E-state index is -5.08. The average Bonchev–Trinajstić information content (AvgIpc) is 3.17. The van der Waals surface area contributed by atoms with E-state index in [4.69, 9.17) is 14.6 Å². The highest BCUT2D eigenvalue weighted by atomic mass is 19.4. The SMILES string of the molecule is FC(F)(F)c1ccc(C2=COC3(CCNC3)C2)cc1.O=C(O)C(F)(F)F. The second-order valence-corrected chi connectivity index (χ2v) is 5.93. The van der Waals surface area contributed by atoms with E-state index < -0.39 is 23.9 Å². The van der Waals surface area contributed by atoms with Gasteiger partial charge in [0.25, 0.3) is 0 Å². The molecule has 0 radical (unpaired) electrons. The van der Waals surface area contributed by atoms with Crippen LogP contribution < -0.4 is 5.32 Å². The molecule has 0 aromatic heterocycles. The van der Waals surface area contributed by atoms with E-state index in [1.165, 1.54) is 12.1 Å². The van der Waals surface area contributed by atoms with Crippen LogP contribution in [0.25, 0.3) is 5.57 Å². The molecule has 1 saturated heterocycles. The Kier molecular flexibility index (Phi) is 5.55. The van der Waals surface area contributed by atoms with E-state index in [9.17, 15) is 26.3 Å². The third-order valence-corrected chi connectivity index (χ3v) is 3.99. The first-order chi connectivity index (χ1) is 11.9. The number of carboxylic acids is 1. The van der Waals surface area contributed by atoms with Gasteiger partial charge in [-0.05, 0) is 29.8 Å². The van der Waals surface area contributed by atoms with Crippen LogP contribution >= 0.6 is 0 Å². The molecule has 4 nitrogen and oxygen atoms in total. The number of hydrogen-bond acceptors (Lipinski definition) is 3. The molecular formula is C16H15F6NO3. The summed E-state index contributed by atoms with van der Waals surface area (Å²) >= 11 is 0. The van der Waals surface area contributed by atoms with Gasteiger partial charge in [-0.25, -0.2) is 4.79 Å². The molecule has 10 heteroatoms. The number of alkyl halides is 6. The van der Waals surface area contributed by atoms with Crippen LogP contribution in [0.1, 0.15) is 24.0 Å². The predicted octanol–water partition coefficient (Wildman–Crippen LogP) is 3.83. The fourth-order valence-electron chi connectivity index (χ4n) is 2.64. The number of aliphatic carboxylic acids is 1. The maximum atomic E-state index is 12.5. The largest absolute Gasteiger partial charge is 0.493 e. The maximum Gasteiger partial charge on any atom is 0.490 e. The highest BCUT2D eigenvalue weighted by Crippen LogP contribution is 2.39. The van der Waals surface area contributed by atoms with E-state index in [1.807, 2.05) is 0 Å². The van der Waals surface area contributed by atoms with E-state index in [0.717, 1.165) is 49.2 Å². The van der Waals surface area contributed by atoms with Gasteiger partial charge in [0, 0.05) is 19.4 Å². The Balaban J connectivity index is 0.000000298. The van der Waals surface area contributed by atoms with Crippen LogP contribution in [0.4, 0.5) is 26.3 Å². The number of carboxylic acid groups (broad SMARTS) is 1. The Labute approximate surface area is 144 Å². The monoisotopic (exact) mass is 383 g/mol. The summed E-state index contributed by atoms with van der Waals surface area (Å²) in [6, 6.07) is 5.26. The summed E-state index contributed by atoms with van der Waals surface area (Å²) in [5.41, 5.74) is 0.972. The fraction of sp³-hybridized carbons (Fsp3) is 0.438. The van der Waals surface area contributed by atoms with Crippen molar-refractivity contribution in [3.8, 4) is 0 Å². The number of benzene rings is 1. The zero-order valence-electron chi connectivity index (χ0n) is 13.2. The van der Waals surface area contributed by atoms with Gasteiger partial charge in [0.05, 0.1) is 11.8 Å². The van der Waals surface area contributed by atoms with Crippen LogP contribution in [-0.2, 0) is 15.7 Å². The van der Waals surface area contributed by atoms with Crippen molar-refractivity contribution in [1.29, 1.82) is 0 Å². The Morgan fingerprint density at radius 3 is 2.12 bits per heavy atom. The minimum Gasteiger partial charge on any atom is -0.493 e. The summed E-state index contributed by atoms with van der Waals surface area (Å²) in [5.74, 6) is -2.76. The Bertz CT molecular complexity index is 673. The smallest absolute Gasteiger partial charge is 0.490 e. The third kappa shape index (κ3) is 4.90. The molecule has 2 heterocycles. The van der Waals surface area contributed by atoms with Crippen LogP contribution in [0.3, 0.4) is 0 Å². The second-order valence-electron chi connectivity index (χ2n) is 5.93. The van der Waals surface area contributed by atoms with Gasteiger partial charge in [-0.1, -0.05) is 12.1 Å². The fourth-order valence-corrected chi connectivity index (χ4v) is 2.64. The van der Waals surface area contributed by atoms with E-state index in [1.54, 1.807) is 6.26 Å². The van der Waals surface area contributed by atoms with E-state index in [-0.39, 0.29) is 5.60 Å². The van der Waals surface area contributed by atoms with Gasteiger partial charge in [0.15, 0.2) is 0 Å². The zero-order valence-corrected chi connectivity index (χ0v) is 13.2. The van der Waals surface area contributed by atoms with Crippen molar-refractivity contribution in [2.45, 2.75) is 30.8 Å². The van der Waals surface area contributed by atoms with E-state index in [0.29, 0.717) is 0 Å². The topological polar surface area (TPSA) is 58.6 Å². The molecule has 0 saturated carbocycles. The molecular weight excluding hydrogens is 368 g/mol. The second kappa shape index (κ2) is 7.18. The zero-order chi connectivity index (χ0) is 19.6. The molecule has 1 aromatic rings. The number of hydrogen-bond donors (Lipinski definition) is 2. The van der Waals surface area contributed by atoms with Crippen molar-refractivity contribution in [2.75, 3.05) is 13.1 Å². The normalized spacial score (nSPS) is 22.5. The van der Waals surface area contributed by atoms with Crippen LogP contribution in [0, 0.1) is 0 Å². The van der Waals surface area contributed by atoms with Crippen molar-refractivity contribution in [2.24, 2.45) is 0 Å². The quantitative estimate of drug-likeness (QED) is 0.724. The number of nitrogens with one attached hydrogen (secondary N) is 1. The number of ether oxygens (including phenoxy) is 1. The molecule has 0 aliphatic carbocycles. The average molecular weight is 383 g/mol. The molecule has 1 spiro atoms. The molecule has 1 fully saturated rings. The van der Waals surface area contributed by atoms with Gasteiger partial charge in [-0.15, -0.1) is 0 Å². The number of carbonyl (C=O) groups is 1. The standard InChI is InChI=1S/C14H14F3NO.C2HF3O2/c15-14(16,17)12-3-1-10(2-4-12)11-7-13(19-8-11)5-6-18-9-13;3-2(4,5)1(6)7/h1-4,8,18H,5-7,9H2;(H,6,7). The van der Waals surface area contributed by atoms with Crippen molar-refractivity contribution in [3.05, 3.63) is 41.7 Å². The molecule has 1 aromatic carbocycles. The maximum absolute atomic E-state index is 12.5. The lowest BCUT2D eigenvalue weighted by molar-refractivity contribution is -0.192. The molecule has 144 valence electrons. The van der Waals surface area contributed by atoms with E-state index in [2.05, 4.69) is 5.32 Å². The highest BCUT2D eigenvalue weighted by molar-refractivity contribution is 5.73. The molecule has 3 rings (SSSR count). The molecule has 2 aliphatic rings. The van der Waals surface area contributed by atoms with Gasteiger partial charge in [0.2, 0.25) is 0 Å². The van der Waals surface area contributed by atoms with Crippen LogP contribution in [0.5, 0.6) is 0 Å². The summed E-state index contributed by atoms with van der Waals surface area (Å²) in [7, 11) is 0. The van der Waals surface area contributed by atoms with Crippen molar-refractivity contribution in [1.82, 2.24) is 5.32 Å². The minimum absolute atomic E-state index is 0.183. The number of rotatable bonds is 1. The van der Waals surface area contributed by atoms with Gasteiger partial charge < -0.3 is 15.2 Å². The summed E-state index contributed by atoms with van der Waals surface area (Å²) in [6.07, 6.45) is -5.98. The lowest BCUT2D eigenvalue weighted by Crippen LogP contribution is -2.30. The van der Waals surface area contributed by atoms with E-state index >= 15 is 0 Å². The van der Waals surface area contributed by atoms with Crippen molar-refractivity contribution < 1.29 is 41.0 Å². The molecule has 0 amide bonds.